The van der Waals surface area contributed by atoms with Gasteiger partial charge in [0, 0.05) is 18.5 Å². The minimum Gasteiger partial charge on any atom is -0.493 e. The van der Waals surface area contributed by atoms with Crippen LogP contribution in [0.4, 0.5) is 0 Å². The number of thiophene rings is 1. The average molecular weight is 524 g/mol. The van der Waals surface area contributed by atoms with Gasteiger partial charge in [-0.05, 0) is 78.6 Å². The summed E-state index contributed by atoms with van der Waals surface area (Å²) in [6, 6.07) is 15.5. The van der Waals surface area contributed by atoms with Gasteiger partial charge in [-0.3, -0.25) is 4.79 Å². The van der Waals surface area contributed by atoms with Gasteiger partial charge in [-0.1, -0.05) is 42.8 Å². The smallest absolute Gasteiger partial charge is 0.488 e. The van der Waals surface area contributed by atoms with Crippen LogP contribution in [0.1, 0.15) is 59.3 Å². The van der Waals surface area contributed by atoms with Gasteiger partial charge in [0.25, 0.3) is 0 Å². The number of rotatable bonds is 8. The molecule has 2 heterocycles. The highest BCUT2D eigenvalue weighted by Crippen LogP contribution is 2.38. The number of ether oxygens (including phenoxy) is 1. The van der Waals surface area contributed by atoms with Crippen LogP contribution in [-0.4, -0.2) is 35.8 Å². The maximum absolute atomic E-state index is 13.2. The highest BCUT2D eigenvalue weighted by Gasteiger charge is 2.20. The molecule has 1 aliphatic rings. The minimum absolute atomic E-state index is 0.186. The Morgan fingerprint density at radius 2 is 2.00 bits per heavy atom. The van der Waals surface area contributed by atoms with Gasteiger partial charge in [-0.2, -0.15) is 0 Å². The highest BCUT2D eigenvalue weighted by atomic mass is 32.2. The lowest BCUT2D eigenvalue weighted by Gasteiger charge is -2.20. The number of fused-ring (bicyclic) bond motifs is 1. The lowest BCUT2D eigenvalue weighted by Crippen LogP contribution is -2.29. The first-order chi connectivity index (χ1) is 17.5. The van der Waals surface area contributed by atoms with Crippen LogP contribution in [0.3, 0.4) is 0 Å². The van der Waals surface area contributed by atoms with Crippen LogP contribution in [0.15, 0.2) is 52.7 Å². The van der Waals surface area contributed by atoms with Crippen molar-refractivity contribution < 1.29 is 19.6 Å². The molecule has 190 valence electrons. The molecule has 3 aromatic rings. The van der Waals surface area contributed by atoms with Crippen LogP contribution in [0, 0.1) is 5.92 Å². The van der Waals surface area contributed by atoms with E-state index in [0.29, 0.717) is 31.0 Å². The lowest BCUT2D eigenvalue weighted by atomic mass is 9.79. The van der Waals surface area contributed by atoms with E-state index in [0.717, 1.165) is 70.1 Å². The Kier molecular flexibility index (Phi) is 9.68. The number of hydrogen-bond donors (Lipinski definition) is 3. The molecule has 0 bridgehead atoms. The summed E-state index contributed by atoms with van der Waals surface area (Å²) in [4.78, 5) is 13.9. The van der Waals surface area contributed by atoms with Gasteiger partial charge in [0.2, 0.25) is 0 Å². The van der Waals surface area contributed by atoms with E-state index in [2.05, 4.69) is 12.1 Å². The topological polar surface area (TPSA) is 92.8 Å². The van der Waals surface area contributed by atoms with E-state index in [1.54, 1.807) is 23.9 Å². The summed E-state index contributed by atoms with van der Waals surface area (Å²) in [5, 5.41) is 19.1. The van der Waals surface area contributed by atoms with Crippen molar-refractivity contribution >= 4 is 41.5 Å². The summed E-state index contributed by atoms with van der Waals surface area (Å²) in [6.07, 6.45) is 8.67. The zero-order chi connectivity index (χ0) is 25.5. The molecule has 36 heavy (non-hydrogen) atoms. The van der Waals surface area contributed by atoms with Gasteiger partial charge in [-0.25, -0.2) is 0 Å². The standard InChI is InChI=1S/C28H34BNO4S2/c1-35-28-24(21-7-3-9-23(16-21)29(32)33)17-27(36-28)25(31)12-10-19-5-2-8-22-15-20(18-30)11-13-26(22)34-14-4-6-19/h3,7,9,11,13,15-17,19,32-33H,2,4-6,8,10,12,14,18,30H2,1H3. The first-order valence-electron chi connectivity index (χ1n) is 12.6. The predicted molar refractivity (Wildman–Crippen MR) is 150 cm³/mol. The first kappa shape index (κ1) is 27.0. The number of carbonyl (C=O) groups is 1. The Morgan fingerprint density at radius 3 is 2.78 bits per heavy atom. The third-order valence-electron chi connectivity index (χ3n) is 6.87. The number of benzene rings is 2. The van der Waals surface area contributed by atoms with E-state index < -0.39 is 7.12 Å². The number of aryl methyl sites for hydroxylation is 1. The first-order valence-corrected chi connectivity index (χ1v) is 14.6. The molecule has 2 aromatic carbocycles. The second-order valence-corrected chi connectivity index (χ2v) is 11.5. The Bertz CT molecular complexity index is 1180. The fourth-order valence-electron chi connectivity index (χ4n) is 4.85. The second kappa shape index (κ2) is 12.9. The van der Waals surface area contributed by atoms with Gasteiger partial charge in [0.15, 0.2) is 5.78 Å². The molecule has 1 aromatic heterocycles. The number of hydrogen-bond acceptors (Lipinski definition) is 7. The molecular weight excluding hydrogens is 489 g/mol. The molecule has 0 radical (unpaired) electrons. The Morgan fingerprint density at radius 1 is 1.17 bits per heavy atom. The zero-order valence-corrected chi connectivity index (χ0v) is 22.4. The second-order valence-electron chi connectivity index (χ2n) is 9.37. The molecule has 0 amide bonds. The van der Waals surface area contributed by atoms with Crippen LogP contribution in [-0.2, 0) is 13.0 Å². The van der Waals surface area contributed by atoms with Crippen molar-refractivity contribution in [1.29, 1.82) is 0 Å². The van der Waals surface area contributed by atoms with Crippen molar-refractivity contribution in [3.05, 3.63) is 64.5 Å². The summed E-state index contributed by atoms with van der Waals surface area (Å²) in [6.45, 7) is 1.24. The number of carbonyl (C=O) groups excluding carboxylic acids is 1. The van der Waals surface area contributed by atoms with Gasteiger partial charge >= 0.3 is 7.12 Å². The monoisotopic (exact) mass is 523 g/mol. The molecule has 5 nitrogen and oxygen atoms in total. The molecule has 8 heteroatoms. The summed E-state index contributed by atoms with van der Waals surface area (Å²) >= 11 is 3.15. The molecule has 0 saturated heterocycles. The van der Waals surface area contributed by atoms with E-state index in [4.69, 9.17) is 10.5 Å². The summed E-state index contributed by atoms with van der Waals surface area (Å²) in [5.74, 6) is 1.68. The van der Waals surface area contributed by atoms with Crippen molar-refractivity contribution in [2.24, 2.45) is 11.7 Å². The van der Waals surface area contributed by atoms with Crippen molar-refractivity contribution in [3.63, 3.8) is 0 Å². The number of thioether (sulfide) groups is 1. The molecule has 4 N–H and O–H groups in total. The van der Waals surface area contributed by atoms with Crippen molar-refractivity contribution in [1.82, 2.24) is 0 Å². The number of ketones is 1. The Labute approximate surface area is 222 Å². The van der Waals surface area contributed by atoms with Crippen LogP contribution in [0.5, 0.6) is 5.75 Å². The van der Waals surface area contributed by atoms with Crippen molar-refractivity contribution in [2.75, 3.05) is 12.9 Å². The number of Topliss-reactive ketones (excluding diaryl/α,β-unsaturated/α-hetero) is 1. The molecule has 0 spiro atoms. The minimum atomic E-state index is -1.51. The summed E-state index contributed by atoms with van der Waals surface area (Å²) < 4.78 is 7.12. The van der Waals surface area contributed by atoms with E-state index in [9.17, 15) is 14.8 Å². The molecule has 1 unspecified atom stereocenters. The third kappa shape index (κ3) is 6.81. The van der Waals surface area contributed by atoms with Crippen LogP contribution in [0.2, 0.25) is 0 Å². The molecule has 1 atom stereocenters. The molecule has 0 aliphatic carbocycles. The van der Waals surface area contributed by atoms with Crippen molar-refractivity contribution in [3.8, 4) is 16.9 Å². The van der Waals surface area contributed by atoms with E-state index in [-0.39, 0.29) is 5.78 Å². The normalized spacial score (nSPS) is 16.2. The Hall–Kier alpha value is -2.10. The van der Waals surface area contributed by atoms with Crippen LogP contribution in [0.25, 0.3) is 11.1 Å². The SMILES string of the molecule is CSc1sc(C(=O)CCC2CCCOc3ccc(CN)cc3CCC2)cc1-c1cccc(B(O)O)c1. The fraction of sp³-hybridized carbons (Fsp3) is 0.393. The van der Waals surface area contributed by atoms with Crippen molar-refractivity contribution in [2.45, 2.75) is 55.7 Å². The van der Waals surface area contributed by atoms with E-state index >= 15 is 0 Å². The number of nitrogens with two attached hydrogens (primary N) is 1. The van der Waals surface area contributed by atoms with E-state index in [1.807, 2.05) is 30.5 Å². The maximum Gasteiger partial charge on any atom is 0.488 e. The lowest BCUT2D eigenvalue weighted by molar-refractivity contribution is 0.0975. The zero-order valence-electron chi connectivity index (χ0n) is 20.7. The van der Waals surface area contributed by atoms with Gasteiger partial charge in [-0.15, -0.1) is 23.1 Å². The summed E-state index contributed by atoms with van der Waals surface area (Å²) in [7, 11) is -1.51. The predicted octanol–water partition coefficient (Wildman–Crippen LogP) is 5.05. The summed E-state index contributed by atoms with van der Waals surface area (Å²) in [5.41, 5.74) is 10.5. The highest BCUT2D eigenvalue weighted by molar-refractivity contribution is 8.00. The maximum atomic E-state index is 13.2. The largest absolute Gasteiger partial charge is 0.493 e. The molecule has 4 rings (SSSR count). The quantitative estimate of drug-likeness (QED) is 0.217. The molecule has 0 fully saturated rings. The molecular formula is C28H34BNO4S2. The van der Waals surface area contributed by atoms with Crippen LogP contribution >= 0.6 is 23.1 Å². The van der Waals surface area contributed by atoms with Gasteiger partial charge in [0.1, 0.15) is 5.75 Å². The Balaban J connectivity index is 1.39. The van der Waals surface area contributed by atoms with E-state index in [1.165, 1.54) is 16.9 Å². The molecule has 0 saturated carbocycles. The van der Waals surface area contributed by atoms with Crippen LogP contribution < -0.4 is 15.9 Å². The third-order valence-corrected chi connectivity index (χ3v) is 9.18. The van der Waals surface area contributed by atoms with Gasteiger partial charge in [0.05, 0.1) is 15.7 Å². The molecule has 1 aliphatic heterocycles. The fourth-order valence-corrected chi connectivity index (χ4v) is 6.73. The van der Waals surface area contributed by atoms with Gasteiger partial charge < -0.3 is 20.5 Å². The average Bonchev–Trinajstić information content (AvgIpc) is 3.34.